The number of thioether (sulfide) groups is 2. The van der Waals surface area contributed by atoms with Crippen molar-refractivity contribution < 1.29 is 4.79 Å². The molecule has 1 N–H and O–H groups in total. The minimum atomic E-state index is 0.0112. The molecule has 1 aliphatic rings. The molecule has 0 saturated carbocycles. The van der Waals surface area contributed by atoms with Crippen molar-refractivity contribution in [1.82, 2.24) is 5.32 Å². The van der Waals surface area contributed by atoms with Crippen molar-refractivity contribution in [2.45, 2.75) is 30.8 Å². The van der Waals surface area contributed by atoms with Gasteiger partial charge in [0.15, 0.2) is 0 Å². The number of hydrogen-bond acceptors (Lipinski definition) is 3. The average Bonchev–Trinajstić information content (AvgIpc) is 3.17. The van der Waals surface area contributed by atoms with Gasteiger partial charge in [-0.25, -0.2) is 0 Å². The van der Waals surface area contributed by atoms with Gasteiger partial charge in [0.05, 0.1) is 4.58 Å². The van der Waals surface area contributed by atoms with Crippen molar-refractivity contribution in [1.29, 1.82) is 0 Å². The summed E-state index contributed by atoms with van der Waals surface area (Å²) in [6.45, 7) is 5.06. The lowest BCUT2D eigenvalue weighted by Crippen LogP contribution is -2.25. The van der Waals surface area contributed by atoms with Crippen LogP contribution in [0.3, 0.4) is 0 Å². The van der Waals surface area contributed by atoms with Gasteiger partial charge in [-0.05, 0) is 41.2 Å². The third kappa shape index (κ3) is 5.05. The van der Waals surface area contributed by atoms with Crippen molar-refractivity contribution in [2.75, 3.05) is 18.1 Å². The molecule has 3 rings (SSSR count). The molecular weight excluding hydrogens is 346 g/mol. The van der Waals surface area contributed by atoms with Gasteiger partial charge in [-0.15, -0.1) is 23.5 Å². The highest BCUT2D eigenvalue weighted by Crippen LogP contribution is 2.45. The second-order valence-electron chi connectivity index (χ2n) is 6.60. The number of rotatable bonds is 6. The fourth-order valence-electron chi connectivity index (χ4n) is 2.83. The maximum Gasteiger partial charge on any atom is 0.251 e. The summed E-state index contributed by atoms with van der Waals surface area (Å²) >= 11 is 3.97. The molecule has 1 fully saturated rings. The molecule has 132 valence electrons. The molecule has 1 heterocycles. The normalized spacial score (nSPS) is 14.8. The molecular formula is C21H25NOS2. The Hall–Kier alpha value is -1.39. The van der Waals surface area contributed by atoms with Crippen LogP contribution < -0.4 is 5.32 Å². The standard InChI is InChI=1S/C21H25NOS2/c1-15(2)17-5-3-16(4-6-17)11-12-22-20(23)18-7-9-19(10-8-18)21-24-13-14-25-21/h3-10,15,21H,11-14H2,1-2H3,(H,22,23). The molecule has 0 radical (unpaired) electrons. The number of carbonyl (C=O) groups is 1. The van der Waals surface area contributed by atoms with E-state index in [-0.39, 0.29) is 5.91 Å². The smallest absolute Gasteiger partial charge is 0.251 e. The van der Waals surface area contributed by atoms with E-state index in [1.54, 1.807) is 0 Å². The Morgan fingerprint density at radius 2 is 1.68 bits per heavy atom. The first-order valence-electron chi connectivity index (χ1n) is 8.83. The largest absolute Gasteiger partial charge is 0.352 e. The summed E-state index contributed by atoms with van der Waals surface area (Å²) in [7, 11) is 0. The summed E-state index contributed by atoms with van der Waals surface area (Å²) in [4.78, 5) is 12.3. The van der Waals surface area contributed by atoms with Crippen LogP contribution >= 0.6 is 23.5 Å². The first-order valence-corrected chi connectivity index (χ1v) is 10.9. The minimum Gasteiger partial charge on any atom is -0.352 e. The third-order valence-electron chi connectivity index (χ3n) is 4.41. The highest BCUT2D eigenvalue weighted by molar-refractivity contribution is 8.19. The fourth-order valence-corrected chi connectivity index (χ4v) is 5.69. The van der Waals surface area contributed by atoms with E-state index in [0.29, 0.717) is 17.0 Å². The first kappa shape index (κ1) is 18.4. The molecule has 1 saturated heterocycles. The zero-order valence-electron chi connectivity index (χ0n) is 14.8. The Labute approximate surface area is 159 Å². The van der Waals surface area contributed by atoms with Crippen LogP contribution in [0.15, 0.2) is 48.5 Å². The van der Waals surface area contributed by atoms with Crippen LogP contribution in [-0.4, -0.2) is 24.0 Å². The van der Waals surface area contributed by atoms with Crippen molar-refractivity contribution in [3.8, 4) is 0 Å². The molecule has 0 unspecified atom stereocenters. The highest BCUT2D eigenvalue weighted by atomic mass is 32.2. The Bertz CT molecular complexity index is 689. The summed E-state index contributed by atoms with van der Waals surface area (Å²) in [5.74, 6) is 3.00. The number of hydrogen-bond donors (Lipinski definition) is 1. The lowest BCUT2D eigenvalue weighted by Gasteiger charge is -2.10. The van der Waals surface area contributed by atoms with Crippen molar-refractivity contribution in [3.63, 3.8) is 0 Å². The van der Waals surface area contributed by atoms with Gasteiger partial charge < -0.3 is 5.32 Å². The number of amides is 1. The predicted molar refractivity (Wildman–Crippen MR) is 111 cm³/mol. The highest BCUT2D eigenvalue weighted by Gasteiger charge is 2.18. The van der Waals surface area contributed by atoms with E-state index < -0.39 is 0 Å². The van der Waals surface area contributed by atoms with Gasteiger partial charge in [0.25, 0.3) is 5.91 Å². The van der Waals surface area contributed by atoms with E-state index >= 15 is 0 Å². The molecule has 0 aromatic heterocycles. The van der Waals surface area contributed by atoms with E-state index in [1.807, 2.05) is 35.7 Å². The second kappa shape index (κ2) is 8.81. The molecule has 2 aromatic carbocycles. The lowest BCUT2D eigenvalue weighted by atomic mass is 10.0. The van der Waals surface area contributed by atoms with Crippen molar-refractivity contribution in [2.24, 2.45) is 0 Å². The van der Waals surface area contributed by atoms with Crippen LogP contribution in [0.2, 0.25) is 0 Å². The molecule has 1 aliphatic heterocycles. The number of nitrogens with one attached hydrogen (secondary N) is 1. The van der Waals surface area contributed by atoms with Crippen LogP contribution in [0.5, 0.6) is 0 Å². The van der Waals surface area contributed by atoms with E-state index in [1.165, 1.54) is 28.2 Å². The van der Waals surface area contributed by atoms with E-state index in [9.17, 15) is 4.79 Å². The number of benzene rings is 2. The minimum absolute atomic E-state index is 0.0112. The average molecular weight is 372 g/mol. The van der Waals surface area contributed by atoms with Crippen LogP contribution in [0.25, 0.3) is 0 Å². The van der Waals surface area contributed by atoms with Gasteiger partial charge in [0.2, 0.25) is 0 Å². The van der Waals surface area contributed by atoms with Crippen LogP contribution in [-0.2, 0) is 6.42 Å². The zero-order valence-corrected chi connectivity index (χ0v) is 16.5. The fraction of sp³-hybridized carbons (Fsp3) is 0.381. The molecule has 0 spiro atoms. The molecule has 0 aliphatic carbocycles. The summed E-state index contributed by atoms with van der Waals surface area (Å²) in [5.41, 5.74) is 4.67. The quantitative estimate of drug-likeness (QED) is 0.751. The first-order chi connectivity index (χ1) is 12.1. The van der Waals surface area contributed by atoms with E-state index in [0.717, 1.165) is 12.0 Å². The summed E-state index contributed by atoms with van der Waals surface area (Å²) in [6.07, 6.45) is 0.859. The van der Waals surface area contributed by atoms with Crippen molar-refractivity contribution in [3.05, 3.63) is 70.8 Å². The van der Waals surface area contributed by atoms with Gasteiger partial charge in [-0.2, -0.15) is 0 Å². The predicted octanol–water partition coefficient (Wildman–Crippen LogP) is 5.26. The van der Waals surface area contributed by atoms with E-state index in [4.69, 9.17) is 0 Å². The van der Waals surface area contributed by atoms with Gasteiger partial charge in [-0.3, -0.25) is 4.79 Å². The molecule has 0 bridgehead atoms. The van der Waals surface area contributed by atoms with Crippen LogP contribution in [0, 0.1) is 0 Å². The second-order valence-corrected chi connectivity index (χ2v) is 9.32. The van der Waals surface area contributed by atoms with Crippen LogP contribution in [0.1, 0.15) is 51.4 Å². The van der Waals surface area contributed by atoms with Crippen molar-refractivity contribution >= 4 is 29.4 Å². The number of carbonyl (C=O) groups excluding carboxylic acids is 1. The zero-order chi connectivity index (χ0) is 17.6. The molecule has 4 heteroatoms. The monoisotopic (exact) mass is 371 g/mol. The third-order valence-corrected chi connectivity index (χ3v) is 7.52. The molecule has 2 nitrogen and oxygen atoms in total. The summed E-state index contributed by atoms with van der Waals surface area (Å²) in [5, 5.41) is 3.02. The van der Waals surface area contributed by atoms with Gasteiger partial charge in [0, 0.05) is 23.6 Å². The molecule has 25 heavy (non-hydrogen) atoms. The maximum atomic E-state index is 12.3. The summed E-state index contributed by atoms with van der Waals surface area (Å²) < 4.78 is 0.533. The molecule has 1 amide bonds. The summed E-state index contributed by atoms with van der Waals surface area (Å²) in [6, 6.07) is 16.8. The SMILES string of the molecule is CC(C)c1ccc(CCNC(=O)c2ccc(C3SCCS3)cc2)cc1. The van der Waals surface area contributed by atoms with Crippen LogP contribution in [0.4, 0.5) is 0 Å². The topological polar surface area (TPSA) is 29.1 Å². The molecule has 2 aromatic rings. The van der Waals surface area contributed by atoms with Gasteiger partial charge in [-0.1, -0.05) is 50.2 Å². The Morgan fingerprint density at radius 3 is 2.28 bits per heavy atom. The lowest BCUT2D eigenvalue weighted by molar-refractivity contribution is 0.0954. The Morgan fingerprint density at radius 1 is 1.04 bits per heavy atom. The Kier molecular flexibility index (Phi) is 6.49. The van der Waals surface area contributed by atoms with Gasteiger partial charge >= 0.3 is 0 Å². The Balaban J connectivity index is 1.48. The van der Waals surface area contributed by atoms with E-state index in [2.05, 4.69) is 55.6 Å². The maximum absolute atomic E-state index is 12.3. The van der Waals surface area contributed by atoms with Gasteiger partial charge in [0.1, 0.15) is 0 Å². The molecule has 0 atom stereocenters.